The quantitative estimate of drug-likeness (QED) is 0.833. The van der Waals surface area contributed by atoms with Gasteiger partial charge in [0.05, 0.1) is 11.7 Å². The van der Waals surface area contributed by atoms with E-state index in [1.54, 1.807) is 0 Å². The Hall–Kier alpha value is -1.69. The van der Waals surface area contributed by atoms with Crippen LogP contribution in [0.4, 0.5) is 0 Å². The Balaban J connectivity index is 1.90. The fraction of sp³-hybridized carbons (Fsp3) is 0.462. The van der Waals surface area contributed by atoms with E-state index in [2.05, 4.69) is 4.98 Å². The number of nitrogens with zero attached hydrogens (tertiary/aromatic N) is 3. The van der Waals surface area contributed by atoms with Crippen molar-refractivity contribution in [1.29, 1.82) is 0 Å². The van der Waals surface area contributed by atoms with E-state index in [4.69, 9.17) is 0 Å². The van der Waals surface area contributed by atoms with Crippen LogP contribution in [0.15, 0.2) is 17.2 Å². The average Bonchev–Trinajstić information content (AvgIpc) is 3.01. The van der Waals surface area contributed by atoms with E-state index in [0.717, 1.165) is 35.6 Å². The molecule has 0 N–H and O–H groups in total. The highest BCUT2D eigenvalue weighted by Crippen LogP contribution is 2.19. The molecule has 5 nitrogen and oxygen atoms in total. The summed E-state index contributed by atoms with van der Waals surface area (Å²) < 4.78 is 1.41. The zero-order chi connectivity index (χ0) is 13.4. The number of hydrogen-bond donors (Lipinski definition) is 0. The molecule has 0 aromatic carbocycles. The Labute approximate surface area is 114 Å². The lowest BCUT2D eigenvalue weighted by molar-refractivity contribution is -0.130. The van der Waals surface area contributed by atoms with Gasteiger partial charge < -0.3 is 4.90 Å². The van der Waals surface area contributed by atoms with Crippen molar-refractivity contribution in [3.05, 3.63) is 27.6 Å². The molecule has 1 aliphatic heterocycles. The van der Waals surface area contributed by atoms with Gasteiger partial charge in [-0.25, -0.2) is 4.98 Å². The van der Waals surface area contributed by atoms with Gasteiger partial charge in [0, 0.05) is 18.0 Å². The van der Waals surface area contributed by atoms with Crippen LogP contribution in [-0.2, 0) is 11.3 Å². The number of amides is 1. The van der Waals surface area contributed by atoms with Crippen molar-refractivity contribution in [2.45, 2.75) is 26.3 Å². The van der Waals surface area contributed by atoms with Crippen LogP contribution in [0.2, 0.25) is 0 Å². The normalized spacial score (nSPS) is 15.3. The van der Waals surface area contributed by atoms with E-state index in [9.17, 15) is 9.59 Å². The Morgan fingerprint density at radius 2 is 2.16 bits per heavy atom. The number of carbonyl (C=O) groups excluding carboxylic acids is 1. The highest BCUT2D eigenvalue weighted by atomic mass is 32.1. The molecule has 100 valence electrons. The standard InChI is InChI=1S/C13H15N3O2S/c1-9-6-10-12(19-9)14-8-16(13(10)18)7-11(17)15-4-2-3-5-15/h6,8H,2-5,7H2,1H3. The second-order valence-corrected chi connectivity index (χ2v) is 6.08. The first-order chi connectivity index (χ1) is 9.15. The number of rotatable bonds is 2. The van der Waals surface area contributed by atoms with Gasteiger partial charge in [0.15, 0.2) is 0 Å². The smallest absolute Gasteiger partial charge is 0.262 e. The number of hydrogen-bond acceptors (Lipinski definition) is 4. The van der Waals surface area contributed by atoms with Crippen molar-refractivity contribution in [2.24, 2.45) is 0 Å². The molecular weight excluding hydrogens is 262 g/mol. The van der Waals surface area contributed by atoms with Crippen LogP contribution in [0.1, 0.15) is 17.7 Å². The molecule has 1 saturated heterocycles. The number of fused-ring (bicyclic) bond motifs is 1. The third-order valence-electron chi connectivity index (χ3n) is 3.41. The van der Waals surface area contributed by atoms with E-state index < -0.39 is 0 Å². The van der Waals surface area contributed by atoms with Crippen molar-refractivity contribution >= 4 is 27.5 Å². The summed E-state index contributed by atoms with van der Waals surface area (Å²) in [6, 6.07) is 1.84. The second-order valence-electron chi connectivity index (χ2n) is 4.84. The van der Waals surface area contributed by atoms with Gasteiger partial charge in [0.1, 0.15) is 11.4 Å². The molecule has 1 aliphatic rings. The third kappa shape index (κ3) is 2.28. The van der Waals surface area contributed by atoms with Crippen LogP contribution in [0.3, 0.4) is 0 Å². The topological polar surface area (TPSA) is 55.2 Å². The zero-order valence-corrected chi connectivity index (χ0v) is 11.6. The van der Waals surface area contributed by atoms with Gasteiger partial charge in [-0.05, 0) is 25.8 Å². The van der Waals surface area contributed by atoms with Crippen molar-refractivity contribution in [3.8, 4) is 0 Å². The molecule has 3 heterocycles. The zero-order valence-electron chi connectivity index (χ0n) is 10.8. The average molecular weight is 277 g/mol. The number of likely N-dealkylation sites (tertiary alicyclic amines) is 1. The van der Waals surface area contributed by atoms with Crippen molar-refractivity contribution in [2.75, 3.05) is 13.1 Å². The first-order valence-electron chi connectivity index (χ1n) is 6.38. The van der Waals surface area contributed by atoms with Crippen LogP contribution in [-0.4, -0.2) is 33.4 Å². The van der Waals surface area contributed by atoms with Gasteiger partial charge in [-0.1, -0.05) is 0 Å². The molecule has 0 bridgehead atoms. The molecule has 6 heteroatoms. The van der Waals surface area contributed by atoms with E-state index in [0.29, 0.717) is 5.39 Å². The second kappa shape index (κ2) is 4.77. The molecule has 2 aromatic rings. The van der Waals surface area contributed by atoms with Crippen molar-refractivity contribution < 1.29 is 4.79 Å². The van der Waals surface area contributed by atoms with Gasteiger partial charge in [0.2, 0.25) is 5.91 Å². The van der Waals surface area contributed by atoms with E-state index in [1.807, 2.05) is 17.9 Å². The molecule has 1 amide bonds. The first kappa shape index (κ1) is 12.3. The van der Waals surface area contributed by atoms with Crippen LogP contribution >= 0.6 is 11.3 Å². The summed E-state index contributed by atoms with van der Waals surface area (Å²) in [5, 5.41) is 0.610. The summed E-state index contributed by atoms with van der Waals surface area (Å²) in [4.78, 5) is 32.2. The molecular formula is C13H15N3O2S. The summed E-state index contributed by atoms with van der Waals surface area (Å²) in [5.41, 5.74) is -0.123. The predicted molar refractivity (Wildman–Crippen MR) is 74.4 cm³/mol. The van der Waals surface area contributed by atoms with Crippen LogP contribution in [0, 0.1) is 6.92 Å². The van der Waals surface area contributed by atoms with Gasteiger partial charge in [-0.3, -0.25) is 14.2 Å². The third-order valence-corrected chi connectivity index (χ3v) is 4.36. The Kier molecular flexibility index (Phi) is 3.10. The molecule has 2 aromatic heterocycles. The molecule has 0 aliphatic carbocycles. The number of aryl methyl sites for hydroxylation is 1. The van der Waals surface area contributed by atoms with Gasteiger partial charge >= 0.3 is 0 Å². The fourth-order valence-corrected chi connectivity index (χ4v) is 3.24. The molecule has 0 atom stereocenters. The molecule has 0 unspecified atom stereocenters. The molecule has 1 fully saturated rings. The lowest BCUT2D eigenvalue weighted by Gasteiger charge is -2.15. The van der Waals surface area contributed by atoms with Gasteiger partial charge in [-0.15, -0.1) is 11.3 Å². The molecule has 3 rings (SSSR count). The van der Waals surface area contributed by atoms with E-state index in [-0.39, 0.29) is 18.0 Å². The summed E-state index contributed by atoms with van der Waals surface area (Å²) in [6.45, 7) is 3.66. The minimum absolute atomic E-state index is 0.00713. The SMILES string of the molecule is Cc1cc2c(=O)n(CC(=O)N3CCCC3)cnc2s1. The van der Waals surface area contributed by atoms with Gasteiger partial charge in [-0.2, -0.15) is 0 Å². The monoisotopic (exact) mass is 277 g/mol. The summed E-state index contributed by atoms with van der Waals surface area (Å²) in [6.07, 6.45) is 3.60. The number of carbonyl (C=O) groups is 1. The maximum absolute atomic E-state index is 12.3. The summed E-state index contributed by atoms with van der Waals surface area (Å²) >= 11 is 1.50. The number of aromatic nitrogens is 2. The van der Waals surface area contributed by atoms with Crippen LogP contribution < -0.4 is 5.56 Å². The van der Waals surface area contributed by atoms with Crippen molar-refractivity contribution in [3.63, 3.8) is 0 Å². The highest BCUT2D eigenvalue weighted by Gasteiger charge is 2.19. The Morgan fingerprint density at radius 3 is 2.89 bits per heavy atom. The molecule has 19 heavy (non-hydrogen) atoms. The minimum atomic E-state index is -0.123. The lowest BCUT2D eigenvalue weighted by Crippen LogP contribution is -2.34. The predicted octanol–water partition coefficient (Wildman–Crippen LogP) is 1.39. The van der Waals surface area contributed by atoms with Crippen molar-refractivity contribution in [1.82, 2.24) is 14.5 Å². The molecule has 0 saturated carbocycles. The largest absolute Gasteiger partial charge is 0.341 e. The van der Waals surface area contributed by atoms with E-state index >= 15 is 0 Å². The lowest BCUT2D eigenvalue weighted by atomic mass is 10.3. The molecule has 0 spiro atoms. The molecule has 0 radical (unpaired) electrons. The minimum Gasteiger partial charge on any atom is -0.341 e. The maximum Gasteiger partial charge on any atom is 0.262 e. The number of thiophene rings is 1. The maximum atomic E-state index is 12.3. The first-order valence-corrected chi connectivity index (χ1v) is 7.20. The van der Waals surface area contributed by atoms with Crippen LogP contribution in [0.5, 0.6) is 0 Å². The van der Waals surface area contributed by atoms with Gasteiger partial charge in [0.25, 0.3) is 5.56 Å². The van der Waals surface area contributed by atoms with Crippen LogP contribution in [0.25, 0.3) is 10.2 Å². The summed E-state index contributed by atoms with van der Waals surface area (Å²) in [7, 11) is 0. The Morgan fingerprint density at radius 1 is 1.42 bits per heavy atom. The fourth-order valence-electron chi connectivity index (χ4n) is 2.41. The summed E-state index contributed by atoms with van der Waals surface area (Å²) in [5.74, 6) is 0.00713. The Bertz CT molecular complexity index is 683. The van der Waals surface area contributed by atoms with E-state index in [1.165, 1.54) is 22.2 Å². The highest BCUT2D eigenvalue weighted by molar-refractivity contribution is 7.18.